The highest BCUT2D eigenvalue weighted by molar-refractivity contribution is 6.30. The highest BCUT2D eigenvalue weighted by Crippen LogP contribution is 2.36. The zero-order valence-electron chi connectivity index (χ0n) is 17.2. The monoisotopic (exact) mass is 467 g/mol. The first-order valence-corrected chi connectivity index (χ1v) is 10.5. The van der Waals surface area contributed by atoms with E-state index in [4.69, 9.17) is 11.6 Å². The summed E-state index contributed by atoms with van der Waals surface area (Å²) in [4.78, 5) is 63.1. The Bertz CT molecular complexity index is 1170. The summed E-state index contributed by atoms with van der Waals surface area (Å²) in [5, 5.41) is 13.1. The van der Waals surface area contributed by atoms with E-state index in [1.807, 2.05) is 0 Å². The molecule has 33 heavy (non-hydrogen) atoms. The van der Waals surface area contributed by atoms with Crippen molar-refractivity contribution in [3.63, 3.8) is 0 Å². The summed E-state index contributed by atoms with van der Waals surface area (Å²) >= 11 is 5.87. The third kappa shape index (κ3) is 4.27. The van der Waals surface area contributed by atoms with Gasteiger partial charge in [-0.2, -0.15) is 5.01 Å². The summed E-state index contributed by atoms with van der Waals surface area (Å²) in [6.45, 7) is -0.604. The fraction of sp³-hybridized carbons (Fsp3) is 0.217. The van der Waals surface area contributed by atoms with Crippen molar-refractivity contribution in [2.24, 2.45) is 11.8 Å². The zero-order valence-corrected chi connectivity index (χ0v) is 18.0. The molecule has 9 nitrogen and oxygen atoms in total. The maximum atomic E-state index is 13.4. The van der Waals surface area contributed by atoms with E-state index >= 15 is 0 Å². The average Bonchev–Trinajstić information content (AvgIpc) is 3.07. The lowest BCUT2D eigenvalue weighted by Gasteiger charge is -2.30. The van der Waals surface area contributed by atoms with Crippen molar-refractivity contribution in [2.45, 2.75) is 12.8 Å². The van der Waals surface area contributed by atoms with Gasteiger partial charge in [0.25, 0.3) is 23.4 Å². The van der Waals surface area contributed by atoms with Gasteiger partial charge < -0.3 is 0 Å². The minimum atomic E-state index is -0.866. The number of allylic oxidation sites excluding steroid dienone is 2. The zero-order chi connectivity index (χ0) is 23.7. The first-order valence-electron chi connectivity index (χ1n) is 10.2. The number of carbonyl (C=O) groups excluding carboxylic acids is 4. The number of ketones is 1. The number of carbonyl (C=O) groups is 4. The molecule has 1 aliphatic heterocycles. The summed E-state index contributed by atoms with van der Waals surface area (Å²) < 4.78 is 0. The van der Waals surface area contributed by atoms with E-state index in [0.29, 0.717) is 17.9 Å². The number of imide groups is 1. The molecule has 2 aliphatic rings. The van der Waals surface area contributed by atoms with Crippen molar-refractivity contribution in [1.29, 1.82) is 0 Å². The van der Waals surface area contributed by atoms with Gasteiger partial charge in [-0.15, -0.1) is 0 Å². The average molecular weight is 468 g/mol. The Morgan fingerprint density at radius 3 is 2.18 bits per heavy atom. The molecule has 10 heteroatoms. The highest BCUT2D eigenvalue weighted by atomic mass is 35.5. The number of hydrazine groups is 1. The summed E-state index contributed by atoms with van der Waals surface area (Å²) in [7, 11) is 0. The molecule has 0 radical (unpaired) electrons. The van der Waals surface area contributed by atoms with Gasteiger partial charge in [0.15, 0.2) is 5.78 Å². The van der Waals surface area contributed by atoms with Gasteiger partial charge in [-0.25, -0.2) is 5.01 Å². The number of benzene rings is 2. The van der Waals surface area contributed by atoms with Gasteiger partial charge in [0, 0.05) is 28.3 Å². The van der Waals surface area contributed by atoms with E-state index in [1.165, 1.54) is 42.5 Å². The van der Waals surface area contributed by atoms with E-state index in [2.05, 4.69) is 0 Å². The molecule has 2 aromatic rings. The van der Waals surface area contributed by atoms with Gasteiger partial charge in [0.05, 0.1) is 16.8 Å². The third-order valence-corrected chi connectivity index (χ3v) is 5.98. The fourth-order valence-electron chi connectivity index (χ4n) is 4.02. The molecule has 1 aliphatic carbocycles. The van der Waals surface area contributed by atoms with Crippen LogP contribution in [0.1, 0.15) is 33.6 Å². The molecule has 0 bridgehead atoms. The van der Waals surface area contributed by atoms with Crippen LogP contribution in [0.25, 0.3) is 0 Å². The SMILES string of the molecule is O=C(CN(C(=O)c1cccc([N+](=O)[O-])c1)N1C(=O)[C@H]2CC=CC[C@@H]2C1=O)c1ccc(Cl)cc1. The number of Topliss-reactive ketones (excluding diaryl/α,β-unsaturated/α-hetero) is 1. The van der Waals surface area contributed by atoms with Gasteiger partial charge in [0.2, 0.25) is 0 Å². The Balaban J connectivity index is 1.71. The molecule has 0 N–H and O–H groups in total. The Kier molecular flexibility index (Phi) is 6.06. The lowest BCUT2D eigenvalue weighted by Crippen LogP contribution is -2.52. The van der Waals surface area contributed by atoms with Crippen molar-refractivity contribution in [1.82, 2.24) is 10.0 Å². The highest BCUT2D eigenvalue weighted by Gasteiger charge is 2.51. The maximum Gasteiger partial charge on any atom is 0.273 e. The van der Waals surface area contributed by atoms with Gasteiger partial charge in [0.1, 0.15) is 6.54 Å². The molecule has 0 saturated carbocycles. The largest absolute Gasteiger partial charge is 0.292 e. The summed E-state index contributed by atoms with van der Waals surface area (Å²) in [6, 6.07) is 10.9. The maximum absolute atomic E-state index is 13.4. The van der Waals surface area contributed by atoms with Crippen LogP contribution in [-0.4, -0.2) is 45.0 Å². The van der Waals surface area contributed by atoms with Gasteiger partial charge in [-0.1, -0.05) is 29.8 Å². The molecule has 1 saturated heterocycles. The molecule has 2 aromatic carbocycles. The molecular formula is C23H18ClN3O6. The number of nitrogens with zero attached hydrogens (tertiary/aromatic N) is 3. The van der Waals surface area contributed by atoms with E-state index in [0.717, 1.165) is 16.1 Å². The third-order valence-electron chi connectivity index (χ3n) is 5.72. The number of hydrogen-bond acceptors (Lipinski definition) is 6. The molecule has 1 fully saturated rings. The molecule has 1 heterocycles. The van der Waals surface area contributed by atoms with E-state index in [9.17, 15) is 29.3 Å². The van der Waals surface area contributed by atoms with Crippen molar-refractivity contribution >= 4 is 40.8 Å². The molecule has 168 valence electrons. The van der Waals surface area contributed by atoms with Crippen molar-refractivity contribution < 1.29 is 24.1 Å². The second kappa shape index (κ2) is 8.95. The molecule has 4 rings (SSSR count). The molecular weight excluding hydrogens is 450 g/mol. The number of hydrogen-bond donors (Lipinski definition) is 0. The second-order valence-corrected chi connectivity index (χ2v) is 8.18. The first-order chi connectivity index (χ1) is 15.8. The fourth-order valence-corrected chi connectivity index (χ4v) is 4.14. The van der Waals surface area contributed by atoms with E-state index in [-0.39, 0.29) is 16.8 Å². The van der Waals surface area contributed by atoms with Crippen molar-refractivity contribution in [3.8, 4) is 0 Å². The Labute approximate surface area is 193 Å². The van der Waals surface area contributed by atoms with Gasteiger partial charge >= 0.3 is 0 Å². The number of nitro benzene ring substituents is 1. The van der Waals surface area contributed by atoms with Crippen LogP contribution in [0.15, 0.2) is 60.7 Å². The number of fused-ring (bicyclic) bond motifs is 1. The first kappa shape index (κ1) is 22.3. The molecule has 2 atom stereocenters. The Morgan fingerprint density at radius 1 is 1.00 bits per heavy atom. The predicted molar refractivity (Wildman–Crippen MR) is 117 cm³/mol. The van der Waals surface area contributed by atoms with Crippen LogP contribution in [-0.2, 0) is 9.59 Å². The number of non-ortho nitro benzene ring substituents is 1. The molecule has 0 unspecified atom stereocenters. The van der Waals surface area contributed by atoms with Crippen molar-refractivity contribution in [2.75, 3.05) is 6.54 Å². The summed E-state index contributed by atoms with van der Waals surface area (Å²) in [5.41, 5.74) is -0.224. The Hall–Kier alpha value is -3.85. The summed E-state index contributed by atoms with van der Waals surface area (Å²) in [5.74, 6) is -3.77. The Morgan fingerprint density at radius 2 is 1.61 bits per heavy atom. The van der Waals surface area contributed by atoms with Crippen LogP contribution in [0.2, 0.25) is 5.02 Å². The number of halogens is 1. The summed E-state index contributed by atoms with van der Waals surface area (Å²) in [6.07, 6.45) is 4.33. The molecule has 3 amide bonds. The van der Waals surface area contributed by atoms with Gasteiger partial charge in [-0.05, 0) is 43.2 Å². The van der Waals surface area contributed by atoms with E-state index < -0.39 is 46.8 Å². The predicted octanol–water partition coefficient (Wildman–Crippen LogP) is 3.44. The lowest BCUT2D eigenvalue weighted by atomic mass is 9.85. The van der Waals surface area contributed by atoms with E-state index in [1.54, 1.807) is 12.2 Å². The van der Waals surface area contributed by atoms with Crippen LogP contribution in [0.5, 0.6) is 0 Å². The van der Waals surface area contributed by atoms with Crippen LogP contribution in [0.4, 0.5) is 5.69 Å². The molecule has 0 aromatic heterocycles. The van der Waals surface area contributed by atoms with Crippen LogP contribution in [0, 0.1) is 22.0 Å². The van der Waals surface area contributed by atoms with Crippen LogP contribution in [0.3, 0.4) is 0 Å². The number of amides is 3. The van der Waals surface area contributed by atoms with Crippen LogP contribution < -0.4 is 0 Å². The number of rotatable bonds is 6. The second-order valence-electron chi connectivity index (χ2n) is 7.74. The smallest absolute Gasteiger partial charge is 0.273 e. The topological polar surface area (TPSA) is 118 Å². The molecule has 0 spiro atoms. The standard InChI is InChI=1S/C23H18ClN3O6/c24-16-10-8-14(9-11-16)20(28)13-25(21(29)15-4-3-5-17(12-15)27(32)33)26-22(30)18-6-1-2-7-19(18)23(26)31/h1-5,8-12,18-19H,6-7,13H2/t18-,19-/m0/s1. The lowest BCUT2D eigenvalue weighted by molar-refractivity contribution is -0.384. The van der Waals surface area contributed by atoms with Gasteiger partial charge in [-0.3, -0.25) is 29.3 Å². The minimum absolute atomic E-state index is 0.123. The van der Waals surface area contributed by atoms with Crippen molar-refractivity contribution in [3.05, 3.63) is 86.9 Å². The quantitative estimate of drug-likeness (QED) is 0.211. The minimum Gasteiger partial charge on any atom is -0.292 e. The normalized spacial score (nSPS) is 19.4. The van der Waals surface area contributed by atoms with Crippen LogP contribution >= 0.6 is 11.6 Å². The number of nitro groups is 1.